The fourth-order valence-corrected chi connectivity index (χ4v) is 2.35. The van der Waals surface area contributed by atoms with Gasteiger partial charge in [0, 0.05) is 0 Å². The molecule has 0 aliphatic rings. The van der Waals surface area contributed by atoms with Crippen molar-refractivity contribution in [3.8, 4) is 0 Å². The highest BCUT2D eigenvalue weighted by Crippen LogP contribution is 2.23. The minimum atomic E-state index is -0.803. The maximum atomic E-state index is 13.7. The third-order valence-electron chi connectivity index (χ3n) is 3.31. The highest BCUT2D eigenvalue weighted by atomic mass is 35.5. The highest BCUT2D eigenvalue weighted by Gasteiger charge is 2.16. The molecular formula is C17H10ClF3N4O. The van der Waals surface area contributed by atoms with Gasteiger partial charge in [-0.1, -0.05) is 23.7 Å². The summed E-state index contributed by atoms with van der Waals surface area (Å²) in [7, 11) is 0. The topological polar surface area (TPSA) is 66.9 Å². The Bertz CT molecular complexity index is 926. The third-order valence-corrected chi connectivity index (χ3v) is 3.63. The van der Waals surface area contributed by atoms with Crippen molar-refractivity contribution < 1.29 is 18.0 Å². The van der Waals surface area contributed by atoms with Crippen LogP contribution >= 0.6 is 11.6 Å². The Balaban J connectivity index is 1.75. The second-order valence-electron chi connectivity index (χ2n) is 5.08. The molecule has 0 saturated carbocycles. The average Bonchev–Trinajstić information content (AvgIpc) is 2.59. The number of amides is 1. The summed E-state index contributed by atoms with van der Waals surface area (Å²) >= 11 is 5.82. The molecule has 3 rings (SSSR count). The lowest BCUT2D eigenvalue weighted by atomic mass is 10.2. The zero-order valence-electron chi connectivity index (χ0n) is 12.9. The molecule has 1 amide bonds. The van der Waals surface area contributed by atoms with E-state index in [2.05, 4.69) is 20.8 Å². The van der Waals surface area contributed by atoms with Crippen molar-refractivity contribution >= 4 is 34.8 Å². The first-order chi connectivity index (χ1) is 12.5. The normalized spacial score (nSPS) is 10.5. The molecule has 0 radical (unpaired) electrons. The summed E-state index contributed by atoms with van der Waals surface area (Å²) in [5, 5.41) is 12.2. The minimum absolute atomic E-state index is 0.00822. The summed E-state index contributed by atoms with van der Waals surface area (Å²) in [5.41, 5.74) is -0.705. The van der Waals surface area contributed by atoms with E-state index in [1.54, 1.807) is 0 Å². The Morgan fingerprint density at radius 3 is 2.04 bits per heavy atom. The zero-order valence-corrected chi connectivity index (χ0v) is 13.7. The molecule has 5 nitrogen and oxygen atoms in total. The van der Waals surface area contributed by atoms with E-state index in [9.17, 15) is 18.0 Å². The Morgan fingerprint density at radius 1 is 0.846 bits per heavy atom. The molecule has 0 unspecified atom stereocenters. The number of halogens is 4. The van der Waals surface area contributed by atoms with Crippen LogP contribution in [0.5, 0.6) is 0 Å². The lowest BCUT2D eigenvalue weighted by Gasteiger charge is -2.09. The van der Waals surface area contributed by atoms with E-state index in [-0.39, 0.29) is 27.9 Å². The van der Waals surface area contributed by atoms with Crippen molar-refractivity contribution in [1.82, 2.24) is 10.2 Å². The van der Waals surface area contributed by atoms with Gasteiger partial charge in [0.1, 0.15) is 23.1 Å². The lowest BCUT2D eigenvalue weighted by Crippen LogP contribution is -2.15. The SMILES string of the molecule is O=C(Nc1ccc(Nc2c(F)cccc2F)nn1)c1c(F)cccc1Cl. The van der Waals surface area contributed by atoms with Crippen molar-refractivity contribution in [3.05, 3.63) is 76.6 Å². The molecule has 0 spiro atoms. The van der Waals surface area contributed by atoms with Gasteiger partial charge in [-0.15, -0.1) is 10.2 Å². The van der Waals surface area contributed by atoms with Gasteiger partial charge in [0.2, 0.25) is 0 Å². The van der Waals surface area contributed by atoms with Crippen LogP contribution in [0.2, 0.25) is 5.02 Å². The van der Waals surface area contributed by atoms with Crippen LogP contribution in [0.15, 0.2) is 48.5 Å². The number of carbonyl (C=O) groups excluding carboxylic acids is 1. The minimum Gasteiger partial charge on any atom is -0.334 e. The smallest absolute Gasteiger partial charge is 0.261 e. The van der Waals surface area contributed by atoms with Gasteiger partial charge >= 0.3 is 0 Å². The predicted octanol–water partition coefficient (Wildman–Crippen LogP) is 4.54. The van der Waals surface area contributed by atoms with Gasteiger partial charge in [-0.05, 0) is 36.4 Å². The number of para-hydroxylation sites is 1. The number of rotatable bonds is 4. The Kier molecular flexibility index (Phi) is 5.04. The maximum absolute atomic E-state index is 13.7. The fourth-order valence-electron chi connectivity index (χ4n) is 2.10. The van der Waals surface area contributed by atoms with Crippen LogP contribution in [-0.2, 0) is 0 Å². The Labute approximate surface area is 150 Å². The van der Waals surface area contributed by atoms with E-state index < -0.39 is 23.4 Å². The molecule has 2 aromatic carbocycles. The molecule has 1 heterocycles. The van der Waals surface area contributed by atoms with Crippen molar-refractivity contribution in [3.63, 3.8) is 0 Å². The van der Waals surface area contributed by atoms with Crippen LogP contribution in [-0.4, -0.2) is 16.1 Å². The molecule has 2 N–H and O–H groups in total. The molecule has 0 bridgehead atoms. The summed E-state index contributed by atoms with van der Waals surface area (Å²) in [5.74, 6) is -3.11. The van der Waals surface area contributed by atoms with Crippen LogP contribution in [0, 0.1) is 17.5 Å². The molecule has 0 atom stereocenters. The van der Waals surface area contributed by atoms with Gasteiger partial charge in [-0.25, -0.2) is 13.2 Å². The molecule has 9 heteroatoms. The van der Waals surface area contributed by atoms with Crippen LogP contribution in [0.3, 0.4) is 0 Å². The number of benzene rings is 2. The summed E-state index contributed by atoms with van der Waals surface area (Å²) in [6.45, 7) is 0. The number of hydrogen-bond donors (Lipinski definition) is 2. The molecule has 0 saturated heterocycles. The Morgan fingerprint density at radius 2 is 1.42 bits per heavy atom. The molecule has 0 aliphatic heterocycles. The van der Waals surface area contributed by atoms with Gasteiger partial charge in [-0.2, -0.15) is 0 Å². The van der Waals surface area contributed by atoms with Crippen molar-refractivity contribution in [2.45, 2.75) is 0 Å². The zero-order chi connectivity index (χ0) is 18.7. The molecule has 0 fully saturated rings. The summed E-state index contributed by atoms with van der Waals surface area (Å²) in [4.78, 5) is 12.1. The molecular weight excluding hydrogens is 369 g/mol. The van der Waals surface area contributed by atoms with E-state index >= 15 is 0 Å². The standard InChI is InChI=1S/C17H10ClF3N4O/c18-9-3-1-4-10(19)15(9)17(26)23-14-8-7-13(24-25-14)22-16-11(20)5-2-6-12(16)21/h1-8H,(H,22,24)(H,23,25,26). The first-order valence-electron chi connectivity index (χ1n) is 7.26. The Hall–Kier alpha value is -3.13. The van der Waals surface area contributed by atoms with Crippen molar-refractivity contribution in [2.24, 2.45) is 0 Å². The number of anilines is 3. The number of aromatic nitrogens is 2. The molecule has 0 aliphatic carbocycles. The monoisotopic (exact) mass is 378 g/mol. The number of nitrogens with zero attached hydrogens (tertiary/aromatic N) is 2. The summed E-state index contributed by atoms with van der Waals surface area (Å²) in [6, 6.07) is 9.93. The van der Waals surface area contributed by atoms with Gasteiger partial charge < -0.3 is 10.6 Å². The summed E-state index contributed by atoms with van der Waals surface area (Å²) < 4.78 is 40.9. The van der Waals surface area contributed by atoms with E-state index in [4.69, 9.17) is 11.6 Å². The maximum Gasteiger partial charge on any atom is 0.261 e. The van der Waals surface area contributed by atoms with E-state index in [1.807, 2.05) is 0 Å². The van der Waals surface area contributed by atoms with Crippen LogP contribution < -0.4 is 10.6 Å². The van der Waals surface area contributed by atoms with Crippen molar-refractivity contribution in [1.29, 1.82) is 0 Å². The fraction of sp³-hybridized carbons (Fsp3) is 0. The first-order valence-corrected chi connectivity index (χ1v) is 7.63. The average molecular weight is 379 g/mol. The number of carbonyl (C=O) groups is 1. The first kappa shape index (κ1) is 17.7. The van der Waals surface area contributed by atoms with Gasteiger partial charge in [0.15, 0.2) is 11.6 Å². The van der Waals surface area contributed by atoms with E-state index in [0.717, 1.165) is 18.2 Å². The van der Waals surface area contributed by atoms with Crippen LogP contribution in [0.1, 0.15) is 10.4 Å². The predicted molar refractivity (Wildman–Crippen MR) is 91.0 cm³/mol. The van der Waals surface area contributed by atoms with Crippen LogP contribution in [0.25, 0.3) is 0 Å². The van der Waals surface area contributed by atoms with Crippen molar-refractivity contribution in [2.75, 3.05) is 10.6 Å². The second kappa shape index (κ2) is 7.40. The molecule has 26 heavy (non-hydrogen) atoms. The highest BCUT2D eigenvalue weighted by molar-refractivity contribution is 6.34. The number of nitrogens with one attached hydrogen (secondary N) is 2. The van der Waals surface area contributed by atoms with Gasteiger partial charge in [0.25, 0.3) is 5.91 Å². The number of hydrogen-bond acceptors (Lipinski definition) is 4. The summed E-state index contributed by atoms with van der Waals surface area (Å²) in [6.07, 6.45) is 0. The molecule has 132 valence electrons. The third kappa shape index (κ3) is 3.75. The molecule has 3 aromatic rings. The molecule has 1 aromatic heterocycles. The van der Waals surface area contributed by atoms with E-state index in [0.29, 0.717) is 0 Å². The largest absolute Gasteiger partial charge is 0.334 e. The lowest BCUT2D eigenvalue weighted by molar-refractivity contribution is 0.102. The van der Waals surface area contributed by atoms with E-state index in [1.165, 1.54) is 30.3 Å². The van der Waals surface area contributed by atoms with Gasteiger partial charge in [0.05, 0.1) is 10.6 Å². The van der Waals surface area contributed by atoms with Gasteiger partial charge in [-0.3, -0.25) is 4.79 Å². The van der Waals surface area contributed by atoms with Crippen LogP contribution in [0.4, 0.5) is 30.5 Å². The second-order valence-corrected chi connectivity index (χ2v) is 5.48. The quantitative estimate of drug-likeness (QED) is 0.699.